The number of anilines is 1. The molecule has 11 heteroatoms. The van der Waals surface area contributed by atoms with E-state index in [0.29, 0.717) is 6.26 Å². The van der Waals surface area contributed by atoms with Crippen LogP contribution in [0, 0.1) is 0 Å². The fraction of sp³-hybridized carbons (Fsp3) is 0.500. The molecule has 0 N–H and O–H groups in total. The Morgan fingerprint density at radius 2 is 2.11 bits per heavy atom. The van der Waals surface area contributed by atoms with E-state index in [1.54, 1.807) is 0 Å². The Balaban J connectivity index is 2.24. The summed E-state index contributed by atoms with van der Waals surface area (Å²) in [5, 5.41) is -1.19. The topological polar surface area (TPSA) is 80.5 Å². The predicted octanol–water partition coefficient (Wildman–Crippen LogP) is 1.37. The third-order valence-electron chi connectivity index (χ3n) is 2.50. The minimum atomic E-state index is -4.71. The second kappa shape index (κ2) is 4.37. The van der Waals surface area contributed by atoms with Crippen molar-refractivity contribution in [3.63, 3.8) is 0 Å². The van der Waals surface area contributed by atoms with Crippen LogP contribution in [0.25, 0.3) is 0 Å². The zero-order chi connectivity index (χ0) is 14.4. The lowest BCUT2D eigenvalue weighted by Crippen LogP contribution is -2.27. The molecular weight excluding hydrogens is 313 g/mol. The first-order valence-corrected chi connectivity index (χ1v) is 7.23. The van der Waals surface area contributed by atoms with Crippen LogP contribution in [-0.2, 0) is 20.0 Å². The Kier molecular flexibility index (Phi) is 3.25. The van der Waals surface area contributed by atoms with Gasteiger partial charge in [-0.05, 0) is 0 Å². The molecule has 0 radical (unpaired) electrons. The van der Waals surface area contributed by atoms with Gasteiger partial charge in [-0.25, -0.2) is 8.42 Å². The maximum atomic E-state index is 12.3. The van der Waals surface area contributed by atoms with Gasteiger partial charge in [0.25, 0.3) is 0 Å². The molecule has 0 saturated carbocycles. The first-order chi connectivity index (χ1) is 8.59. The molecule has 1 fully saturated rings. The summed E-state index contributed by atoms with van der Waals surface area (Å²) in [6.45, 7) is -0.386. The van der Waals surface area contributed by atoms with Gasteiger partial charge in [0, 0.05) is 23.6 Å². The van der Waals surface area contributed by atoms with E-state index in [0.717, 1.165) is 4.90 Å². The molecule has 2 heterocycles. The quantitative estimate of drug-likeness (QED) is 0.769. The van der Waals surface area contributed by atoms with E-state index >= 15 is 0 Å². The highest BCUT2D eigenvalue weighted by molar-refractivity contribution is 8.14. The first kappa shape index (κ1) is 14.1. The third-order valence-corrected chi connectivity index (χ3v) is 4.37. The maximum Gasteiger partial charge on any atom is 0.436 e. The highest BCUT2D eigenvalue weighted by atomic mass is 35.7. The Bertz CT molecular complexity index is 612. The molecule has 1 atom stereocenters. The number of carbonyl (C=O) groups is 1. The number of hydrogen-bond donors (Lipinski definition) is 0. The Morgan fingerprint density at radius 1 is 1.47 bits per heavy atom. The van der Waals surface area contributed by atoms with Gasteiger partial charge >= 0.3 is 12.2 Å². The molecule has 1 saturated heterocycles. The molecular formula is C8H6ClF3N2O4S. The summed E-state index contributed by atoms with van der Waals surface area (Å²) in [7, 11) is 1.12. The molecule has 1 aliphatic heterocycles. The van der Waals surface area contributed by atoms with Crippen molar-refractivity contribution in [1.82, 2.24) is 4.98 Å². The molecule has 1 aromatic rings. The number of aromatic nitrogens is 1. The molecule has 1 unspecified atom stereocenters. The average Bonchev–Trinajstić information content (AvgIpc) is 2.80. The highest BCUT2D eigenvalue weighted by Gasteiger charge is 2.41. The van der Waals surface area contributed by atoms with E-state index in [1.807, 2.05) is 0 Å². The van der Waals surface area contributed by atoms with Gasteiger partial charge in [0.15, 0.2) is 5.69 Å². The standard InChI is InChI=1S/C8H6ClF3N2O4S/c9-19(16,17)4-1-6(15)14(2-4)7-13-5(3-18-7)8(10,11)12/h3-4H,1-2H2. The Labute approximate surface area is 109 Å². The Morgan fingerprint density at radius 3 is 2.53 bits per heavy atom. The van der Waals surface area contributed by atoms with Crippen molar-refractivity contribution < 1.29 is 30.8 Å². The van der Waals surface area contributed by atoms with Crippen LogP contribution in [0.5, 0.6) is 0 Å². The fourth-order valence-corrected chi connectivity index (χ4v) is 2.59. The molecule has 6 nitrogen and oxygen atoms in total. The smallest absolute Gasteiger partial charge is 0.431 e. The van der Waals surface area contributed by atoms with Crippen molar-refractivity contribution >= 4 is 31.7 Å². The molecule has 1 aromatic heterocycles. The summed E-state index contributed by atoms with van der Waals surface area (Å²) in [5.41, 5.74) is -1.30. The molecule has 1 aliphatic rings. The van der Waals surface area contributed by atoms with Gasteiger partial charge in [0.1, 0.15) is 11.5 Å². The summed E-state index contributed by atoms with van der Waals surface area (Å²) in [6, 6.07) is -0.597. The van der Waals surface area contributed by atoms with Crippen molar-refractivity contribution in [2.75, 3.05) is 11.4 Å². The molecule has 0 aromatic carbocycles. The number of carbonyl (C=O) groups excluding carboxylic acids is 1. The van der Waals surface area contributed by atoms with Crippen molar-refractivity contribution in [3.8, 4) is 0 Å². The lowest BCUT2D eigenvalue weighted by molar-refractivity contribution is -0.141. The van der Waals surface area contributed by atoms with Crippen LogP contribution in [0.4, 0.5) is 19.2 Å². The third kappa shape index (κ3) is 2.84. The average molecular weight is 319 g/mol. The van der Waals surface area contributed by atoms with Gasteiger partial charge < -0.3 is 4.42 Å². The number of oxazole rings is 1. The van der Waals surface area contributed by atoms with E-state index in [1.165, 1.54) is 0 Å². The molecule has 0 spiro atoms. The van der Waals surface area contributed by atoms with Gasteiger partial charge in [0.2, 0.25) is 15.0 Å². The largest absolute Gasteiger partial charge is 0.436 e. The van der Waals surface area contributed by atoms with Gasteiger partial charge in [-0.1, -0.05) is 0 Å². The van der Waals surface area contributed by atoms with Crippen molar-refractivity contribution in [3.05, 3.63) is 12.0 Å². The minimum Gasteiger partial charge on any atom is -0.431 e. The monoisotopic (exact) mass is 318 g/mol. The van der Waals surface area contributed by atoms with Crippen LogP contribution >= 0.6 is 10.7 Å². The normalized spacial score (nSPS) is 21.2. The van der Waals surface area contributed by atoms with E-state index in [9.17, 15) is 26.4 Å². The van der Waals surface area contributed by atoms with Crippen molar-refractivity contribution in [1.29, 1.82) is 0 Å². The Hall–Kier alpha value is -1.29. The number of rotatable bonds is 2. The predicted molar refractivity (Wildman–Crippen MR) is 57.0 cm³/mol. The van der Waals surface area contributed by atoms with E-state index in [2.05, 4.69) is 9.40 Å². The zero-order valence-corrected chi connectivity index (χ0v) is 10.6. The van der Waals surface area contributed by atoms with Crippen molar-refractivity contribution in [2.45, 2.75) is 17.8 Å². The summed E-state index contributed by atoms with van der Waals surface area (Å²) in [5.74, 6) is -0.718. The van der Waals surface area contributed by atoms with Crippen LogP contribution in [0.15, 0.2) is 10.7 Å². The minimum absolute atomic E-state index is 0.352. The highest BCUT2D eigenvalue weighted by Crippen LogP contribution is 2.32. The maximum absolute atomic E-state index is 12.3. The summed E-state index contributed by atoms with van der Waals surface area (Å²) < 4.78 is 63.6. The van der Waals surface area contributed by atoms with Gasteiger partial charge in [0.05, 0.1) is 0 Å². The molecule has 0 aliphatic carbocycles. The van der Waals surface area contributed by atoms with Crippen LogP contribution in [-0.4, -0.2) is 31.1 Å². The van der Waals surface area contributed by atoms with Gasteiger partial charge in [-0.15, -0.1) is 0 Å². The van der Waals surface area contributed by atoms with Crippen LogP contribution in [0.1, 0.15) is 12.1 Å². The number of nitrogens with zero attached hydrogens (tertiary/aromatic N) is 2. The SMILES string of the molecule is O=C1CC(S(=O)(=O)Cl)CN1c1nc(C(F)(F)F)co1. The molecule has 19 heavy (non-hydrogen) atoms. The summed E-state index contributed by atoms with van der Waals surface area (Å²) in [6.07, 6.45) is -4.77. The lowest BCUT2D eigenvalue weighted by atomic mass is 10.4. The molecule has 106 valence electrons. The summed E-state index contributed by atoms with van der Waals surface area (Å²) in [4.78, 5) is 15.3. The van der Waals surface area contributed by atoms with E-state index < -0.39 is 44.5 Å². The number of halogens is 4. The fourth-order valence-electron chi connectivity index (χ4n) is 1.57. The second-order valence-corrected chi connectivity index (χ2v) is 6.73. The first-order valence-electron chi connectivity index (χ1n) is 4.85. The van der Waals surface area contributed by atoms with Gasteiger partial charge in [-0.2, -0.15) is 18.2 Å². The summed E-state index contributed by atoms with van der Waals surface area (Å²) >= 11 is 0. The number of amides is 1. The van der Waals surface area contributed by atoms with Crippen LogP contribution < -0.4 is 4.90 Å². The van der Waals surface area contributed by atoms with Gasteiger partial charge in [-0.3, -0.25) is 9.69 Å². The molecule has 2 rings (SSSR count). The molecule has 1 amide bonds. The van der Waals surface area contributed by atoms with Crippen LogP contribution in [0.2, 0.25) is 0 Å². The number of alkyl halides is 3. The second-order valence-electron chi connectivity index (χ2n) is 3.82. The van der Waals surface area contributed by atoms with E-state index in [4.69, 9.17) is 10.7 Å². The lowest BCUT2D eigenvalue weighted by Gasteiger charge is -2.10. The zero-order valence-electron chi connectivity index (χ0n) is 9.02. The molecule has 0 bridgehead atoms. The van der Waals surface area contributed by atoms with Crippen LogP contribution in [0.3, 0.4) is 0 Å². The number of hydrogen-bond acceptors (Lipinski definition) is 5. The van der Waals surface area contributed by atoms with Crippen molar-refractivity contribution in [2.24, 2.45) is 0 Å². The van der Waals surface area contributed by atoms with E-state index in [-0.39, 0.29) is 6.54 Å².